The summed E-state index contributed by atoms with van der Waals surface area (Å²) in [6.45, 7) is 0.583. The number of esters is 1. The molecule has 2 amide bonds. The van der Waals surface area contributed by atoms with Crippen molar-refractivity contribution in [2.24, 2.45) is 0 Å². The van der Waals surface area contributed by atoms with E-state index >= 15 is 0 Å². The van der Waals surface area contributed by atoms with E-state index in [1.54, 1.807) is 30.3 Å². The number of hydrogen-bond donors (Lipinski definition) is 3. The molecule has 0 saturated heterocycles. The average molecular weight is 601 g/mol. The lowest BCUT2D eigenvalue weighted by Gasteiger charge is -2.37. The molecule has 0 aliphatic heterocycles. The van der Waals surface area contributed by atoms with Gasteiger partial charge in [-0.3, -0.25) is 0 Å². The van der Waals surface area contributed by atoms with Gasteiger partial charge in [-0.25, -0.2) is 9.59 Å². The van der Waals surface area contributed by atoms with E-state index in [9.17, 15) is 41.0 Å². The van der Waals surface area contributed by atoms with Gasteiger partial charge < -0.3 is 30.0 Å². The molecule has 3 N–H and O–H groups in total. The summed E-state index contributed by atoms with van der Waals surface area (Å²) in [5.41, 5.74) is -1.41. The summed E-state index contributed by atoms with van der Waals surface area (Å²) in [6, 6.07) is 14.7. The Labute approximate surface area is 236 Å². The van der Waals surface area contributed by atoms with Crippen molar-refractivity contribution in [3.05, 3.63) is 95.6 Å². The van der Waals surface area contributed by atoms with Gasteiger partial charge in [-0.2, -0.15) is 0 Å². The van der Waals surface area contributed by atoms with Gasteiger partial charge in [0.25, 0.3) is 0 Å². The van der Waals surface area contributed by atoms with Crippen molar-refractivity contribution in [2.75, 3.05) is 13.2 Å². The molecule has 0 aliphatic rings. The summed E-state index contributed by atoms with van der Waals surface area (Å²) in [4.78, 5) is 25.5. The van der Waals surface area contributed by atoms with Crippen LogP contribution in [0.25, 0.3) is 0 Å². The number of rotatable bonds is 11. The van der Waals surface area contributed by atoms with Crippen molar-refractivity contribution in [1.29, 1.82) is 0 Å². The molecular weight excluding hydrogens is 574 g/mol. The number of ether oxygens (including phenoxy) is 3. The topological polar surface area (TPSA) is 106 Å². The van der Waals surface area contributed by atoms with Gasteiger partial charge in [0.2, 0.25) is 0 Å². The molecule has 42 heavy (non-hydrogen) atoms. The number of carbonyl (C=O) groups excluding carboxylic acids is 2. The predicted molar refractivity (Wildman–Crippen MR) is 136 cm³/mol. The van der Waals surface area contributed by atoms with Crippen molar-refractivity contribution >= 4 is 12.0 Å². The Morgan fingerprint density at radius 3 is 1.79 bits per heavy atom. The molecule has 3 rings (SSSR count). The van der Waals surface area contributed by atoms with Gasteiger partial charge in [0, 0.05) is 6.42 Å². The molecule has 14 heteroatoms. The van der Waals surface area contributed by atoms with Gasteiger partial charge in [-0.15, -0.1) is 26.3 Å². The minimum Gasteiger partial charge on any atom is -0.464 e. The fourth-order valence-corrected chi connectivity index (χ4v) is 4.19. The lowest BCUT2D eigenvalue weighted by molar-refractivity contribution is -0.275. The molecular formula is C28H26F6N2O6. The Bertz CT molecular complexity index is 1290. The fraction of sp³-hybridized carbons (Fsp3) is 0.286. The van der Waals surface area contributed by atoms with Crippen LogP contribution >= 0.6 is 0 Å². The summed E-state index contributed by atoms with van der Waals surface area (Å²) in [7, 11) is 0. The number of aliphatic hydroxyl groups is 1. The summed E-state index contributed by atoms with van der Waals surface area (Å²) in [5.74, 6) is -2.30. The number of aliphatic hydroxyl groups excluding tert-OH is 1. The Morgan fingerprint density at radius 1 is 0.810 bits per heavy atom. The molecule has 0 aromatic heterocycles. The highest BCUT2D eigenvalue weighted by atomic mass is 19.4. The number of halogens is 6. The number of amides is 2. The quantitative estimate of drug-likeness (QED) is 0.207. The largest absolute Gasteiger partial charge is 0.573 e. The Kier molecular flexibility index (Phi) is 10.3. The van der Waals surface area contributed by atoms with Crippen LogP contribution in [-0.4, -0.2) is 49.1 Å². The highest BCUT2D eigenvalue weighted by molar-refractivity contribution is 5.84. The second-order valence-electron chi connectivity index (χ2n) is 8.80. The number of nitrogens with one attached hydrogen (secondary N) is 2. The standard InChI is InChI=1S/C28H26F6N2O6/c1-2-40-24(38)23(17-37)35-25(39)36-26(16-18-8-4-3-5-9-18,19-10-6-12-21(14-19)41-27(29,30)31)20-11-7-13-22(15-20)42-28(32,33)34/h3-15,23,37H,2,16-17H2,1H3,(H2,35,36,39). The maximum Gasteiger partial charge on any atom is 0.573 e. The average Bonchev–Trinajstić information content (AvgIpc) is 2.90. The number of benzene rings is 3. The third kappa shape index (κ3) is 9.03. The van der Waals surface area contributed by atoms with Gasteiger partial charge in [0.15, 0.2) is 6.04 Å². The molecule has 3 aromatic carbocycles. The number of urea groups is 1. The third-order valence-corrected chi connectivity index (χ3v) is 5.82. The lowest BCUT2D eigenvalue weighted by Crippen LogP contribution is -2.56. The smallest absolute Gasteiger partial charge is 0.464 e. The third-order valence-electron chi connectivity index (χ3n) is 5.82. The lowest BCUT2D eigenvalue weighted by atomic mass is 9.77. The van der Waals surface area contributed by atoms with Crippen LogP contribution in [0.15, 0.2) is 78.9 Å². The summed E-state index contributed by atoms with van der Waals surface area (Å²) >= 11 is 0. The zero-order valence-corrected chi connectivity index (χ0v) is 22.0. The summed E-state index contributed by atoms with van der Waals surface area (Å²) in [6.07, 6.45) is -10.3. The Morgan fingerprint density at radius 2 is 1.33 bits per heavy atom. The van der Waals surface area contributed by atoms with Crippen LogP contribution in [-0.2, 0) is 21.5 Å². The summed E-state index contributed by atoms with van der Waals surface area (Å²) < 4.78 is 91.5. The van der Waals surface area contributed by atoms with Crippen molar-refractivity contribution in [2.45, 2.75) is 37.7 Å². The van der Waals surface area contributed by atoms with E-state index in [4.69, 9.17) is 4.74 Å². The molecule has 0 fully saturated rings. The van der Waals surface area contributed by atoms with Crippen LogP contribution in [0, 0.1) is 0 Å². The molecule has 0 bridgehead atoms. The van der Waals surface area contributed by atoms with E-state index in [-0.39, 0.29) is 24.2 Å². The van der Waals surface area contributed by atoms with Crippen LogP contribution in [0.5, 0.6) is 11.5 Å². The van der Waals surface area contributed by atoms with E-state index in [0.717, 1.165) is 24.3 Å². The van der Waals surface area contributed by atoms with E-state index in [1.165, 1.54) is 31.2 Å². The van der Waals surface area contributed by atoms with E-state index in [1.807, 2.05) is 0 Å². The first-order valence-corrected chi connectivity index (χ1v) is 12.4. The molecule has 0 saturated carbocycles. The first-order chi connectivity index (χ1) is 19.7. The van der Waals surface area contributed by atoms with Gasteiger partial charge >= 0.3 is 24.7 Å². The molecule has 226 valence electrons. The second-order valence-corrected chi connectivity index (χ2v) is 8.80. The van der Waals surface area contributed by atoms with Crippen molar-refractivity contribution in [3.63, 3.8) is 0 Å². The van der Waals surface area contributed by atoms with E-state index in [0.29, 0.717) is 5.56 Å². The van der Waals surface area contributed by atoms with Gasteiger partial charge in [-0.05, 0) is 47.9 Å². The van der Waals surface area contributed by atoms with Crippen molar-refractivity contribution in [1.82, 2.24) is 10.6 Å². The molecule has 3 aromatic rings. The highest BCUT2D eigenvalue weighted by Crippen LogP contribution is 2.38. The van der Waals surface area contributed by atoms with Crippen molar-refractivity contribution in [3.8, 4) is 11.5 Å². The van der Waals surface area contributed by atoms with Crippen LogP contribution in [0.3, 0.4) is 0 Å². The monoisotopic (exact) mass is 600 g/mol. The van der Waals surface area contributed by atoms with Crippen LogP contribution in [0.1, 0.15) is 23.6 Å². The van der Waals surface area contributed by atoms with Gasteiger partial charge in [0.05, 0.1) is 18.8 Å². The zero-order valence-electron chi connectivity index (χ0n) is 22.0. The SMILES string of the molecule is CCOC(=O)C(CO)NC(=O)NC(Cc1ccccc1)(c1cccc(OC(F)(F)F)c1)c1cccc(OC(F)(F)F)c1. The first-order valence-electron chi connectivity index (χ1n) is 12.4. The first kappa shape index (κ1) is 32.1. The zero-order chi connectivity index (χ0) is 31.0. The van der Waals surface area contributed by atoms with Crippen LogP contribution < -0.4 is 20.1 Å². The normalized spacial score (nSPS) is 12.7. The minimum absolute atomic E-state index is 0.0240. The molecule has 1 atom stereocenters. The van der Waals surface area contributed by atoms with E-state index in [2.05, 4.69) is 20.1 Å². The maximum atomic E-state index is 13.3. The molecule has 0 heterocycles. The Balaban J connectivity index is 2.22. The second kappa shape index (κ2) is 13.5. The molecule has 8 nitrogen and oxygen atoms in total. The minimum atomic E-state index is -5.07. The van der Waals surface area contributed by atoms with Crippen LogP contribution in [0.2, 0.25) is 0 Å². The molecule has 0 spiro atoms. The number of carbonyl (C=O) groups is 2. The highest BCUT2D eigenvalue weighted by Gasteiger charge is 2.40. The number of alkyl halides is 6. The van der Waals surface area contributed by atoms with E-state index < -0.39 is 54.4 Å². The van der Waals surface area contributed by atoms with Gasteiger partial charge in [-0.1, -0.05) is 54.6 Å². The van der Waals surface area contributed by atoms with Gasteiger partial charge in [0.1, 0.15) is 11.5 Å². The number of hydrogen-bond acceptors (Lipinski definition) is 6. The Hall–Kier alpha value is -4.46. The van der Waals surface area contributed by atoms with Crippen LogP contribution in [0.4, 0.5) is 31.1 Å². The predicted octanol–water partition coefficient (Wildman–Crippen LogP) is 5.19. The molecule has 1 unspecified atom stereocenters. The molecule has 0 radical (unpaired) electrons. The summed E-state index contributed by atoms with van der Waals surface area (Å²) in [5, 5.41) is 14.5. The maximum absolute atomic E-state index is 13.3. The van der Waals surface area contributed by atoms with Crippen molar-refractivity contribution < 1.29 is 55.2 Å². The molecule has 0 aliphatic carbocycles. The fourth-order valence-electron chi connectivity index (χ4n) is 4.19.